The van der Waals surface area contributed by atoms with E-state index >= 15 is 0 Å². The maximum absolute atomic E-state index is 5.83. The lowest BCUT2D eigenvalue weighted by molar-refractivity contribution is 0.596. The van der Waals surface area contributed by atoms with Crippen LogP contribution in [0.3, 0.4) is 0 Å². The van der Waals surface area contributed by atoms with E-state index in [0.29, 0.717) is 12.5 Å². The number of nitrogens with one attached hydrogen (secondary N) is 1. The first kappa shape index (κ1) is 12.6. The van der Waals surface area contributed by atoms with Crippen molar-refractivity contribution in [2.24, 2.45) is 5.73 Å². The first-order valence-corrected chi connectivity index (χ1v) is 7.62. The summed E-state index contributed by atoms with van der Waals surface area (Å²) >= 11 is 0. The average Bonchev–Trinajstić information content (AvgIpc) is 2.98. The molecule has 0 spiro atoms. The smallest absolute Gasteiger partial charge is 0.114 e. The molecule has 1 aromatic heterocycles. The van der Waals surface area contributed by atoms with Crippen LogP contribution in [0.4, 0.5) is 0 Å². The number of H-pyrrole nitrogens is 1. The molecule has 3 nitrogen and oxygen atoms in total. The topological polar surface area (TPSA) is 54.7 Å². The van der Waals surface area contributed by atoms with Gasteiger partial charge in [-0.2, -0.15) is 0 Å². The van der Waals surface area contributed by atoms with Crippen LogP contribution in [0.2, 0.25) is 0 Å². The number of rotatable bonds is 2. The molecule has 0 amide bonds. The Hall–Kier alpha value is -2.13. The fourth-order valence-electron chi connectivity index (χ4n) is 3.48. The number of aryl methyl sites for hydroxylation is 1. The molecule has 3 heteroatoms. The van der Waals surface area contributed by atoms with E-state index in [1.54, 1.807) is 0 Å². The number of fused-ring (bicyclic) bond motifs is 2. The third kappa shape index (κ3) is 2.05. The predicted molar refractivity (Wildman–Crippen MR) is 85.2 cm³/mol. The predicted octanol–water partition coefficient (Wildman–Crippen LogP) is 3.49. The average molecular weight is 277 g/mol. The fraction of sp³-hybridized carbons (Fsp3) is 0.278. The first-order chi connectivity index (χ1) is 10.4. The van der Waals surface area contributed by atoms with Crippen LogP contribution >= 0.6 is 0 Å². The Morgan fingerprint density at radius 3 is 2.95 bits per heavy atom. The van der Waals surface area contributed by atoms with Crippen LogP contribution in [0.15, 0.2) is 42.5 Å². The summed E-state index contributed by atoms with van der Waals surface area (Å²) in [5.74, 6) is 1.46. The van der Waals surface area contributed by atoms with E-state index in [2.05, 4.69) is 41.4 Å². The molecular weight excluding hydrogens is 258 g/mol. The minimum Gasteiger partial charge on any atom is -0.341 e. The van der Waals surface area contributed by atoms with Gasteiger partial charge in [-0.15, -0.1) is 0 Å². The summed E-state index contributed by atoms with van der Waals surface area (Å²) in [5, 5.41) is 0. The van der Waals surface area contributed by atoms with Crippen molar-refractivity contribution in [2.45, 2.75) is 31.7 Å². The summed E-state index contributed by atoms with van der Waals surface area (Å²) in [6, 6.07) is 14.9. The third-order valence-corrected chi connectivity index (χ3v) is 4.53. The van der Waals surface area contributed by atoms with Crippen molar-refractivity contribution in [3.05, 3.63) is 65.0 Å². The molecule has 0 saturated heterocycles. The SMILES string of the molecule is NCc1cccc2[nH]c(C3CCCc4ccccc43)nc12. The number of imidazole rings is 1. The highest BCUT2D eigenvalue weighted by Gasteiger charge is 2.24. The van der Waals surface area contributed by atoms with Gasteiger partial charge in [-0.3, -0.25) is 0 Å². The van der Waals surface area contributed by atoms with Crippen LogP contribution < -0.4 is 5.73 Å². The van der Waals surface area contributed by atoms with Gasteiger partial charge in [0.1, 0.15) is 5.82 Å². The van der Waals surface area contributed by atoms with Gasteiger partial charge in [-0.1, -0.05) is 36.4 Å². The lowest BCUT2D eigenvalue weighted by Gasteiger charge is -2.23. The number of nitrogens with two attached hydrogens (primary N) is 1. The van der Waals surface area contributed by atoms with Gasteiger partial charge in [-0.05, 0) is 42.0 Å². The summed E-state index contributed by atoms with van der Waals surface area (Å²) in [6.45, 7) is 0.531. The van der Waals surface area contributed by atoms with Gasteiger partial charge < -0.3 is 10.7 Å². The molecule has 4 rings (SSSR count). The highest BCUT2D eigenvalue weighted by Crippen LogP contribution is 2.36. The Bertz CT molecular complexity index is 788. The minimum absolute atomic E-state index is 0.382. The highest BCUT2D eigenvalue weighted by atomic mass is 14.9. The lowest BCUT2D eigenvalue weighted by Crippen LogP contribution is -2.12. The van der Waals surface area contributed by atoms with Crippen molar-refractivity contribution in [1.29, 1.82) is 0 Å². The van der Waals surface area contributed by atoms with Crippen LogP contribution in [0.1, 0.15) is 41.3 Å². The highest BCUT2D eigenvalue weighted by molar-refractivity contribution is 5.79. The van der Waals surface area contributed by atoms with Gasteiger partial charge in [-0.25, -0.2) is 4.98 Å². The number of para-hydroxylation sites is 1. The van der Waals surface area contributed by atoms with E-state index in [9.17, 15) is 0 Å². The fourth-order valence-corrected chi connectivity index (χ4v) is 3.48. The number of nitrogens with zero attached hydrogens (tertiary/aromatic N) is 1. The second kappa shape index (κ2) is 5.01. The molecule has 3 N–H and O–H groups in total. The van der Waals surface area contributed by atoms with Gasteiger partial charge in [0.2, 0.25) is 0 Å². The summed E-state index contributed by atoms with van der Waals surface area (Å²) < 4.78 is 0. The van der Waals surface area contributed by atoms with Crippen LogP contribution in [0, 0.1) is 0 Å². The van der Waals surface area contributed by atoms with E-state index in [4.69, 9.17) is 10.7 Å². The molecule has 2 aromatic carbocycles. The number of hydrogen-bond acceptors (Lipinski definition) is 2. The first-order valence-electron chi connectivity index (χ1n) is 7.62. The maximum Gasteiger partial charge on any atom is 0.114 e. The standard InChI is InChI=1S/C18H19N3/c19-11-13-7-4-10-16-17(13)21-18(20-16)15-9-3-6-12-5-1-2-8-14(12)15/h1-2,4-5,7-8,10,15H,3,6,9,11,19H2,(H,20,21). The number of hydrogen-bond donors (Lipinski definition) is 2. The largest absolute Gasteiger partial charge is 0.341 e. The minimum atomic E-state index is 0.382. The van der Waals surface area contributed by atoms with Gasteiger partial charge in [0.25, 0.3) is 0 Å². The molecular formula is C18H19N3. The van der Waals surface area contributed by atoms with Crippen LogP contribution in [-0.2, 0) is 13.0 Å². The Kier molecular flexibility index (Phi) is 3.00. The van der Waals surface area contributed by atoms with Gasteiger partial charge in [0.15, 0.2) is 0 Å². The van der Waals surface area contributed by atoms with Crippen molar-refractivity contribution in [2.75, 3.05) is 0 Å². The van der Waals surface area contributed by atoms with Gasteiger partial charge >= 0.3 is 0 Å². The van der Waals surface area contributed by atoms with Crippen LogP contribution in [0.25, 0.3) is 11.0 Å². The van der Waals surface area contributed by atoms with Crippen molar-refractivity contribution < 1.29 is 0 Å². The number of aromatic nitrogens is 2. The molecule has 106 valence electrons. The van der Waals surface area contributed by atoms with E-state index in [0.717, 1.165) is 28.8 Å². The normalized spacial score (nSPS) is 17.9. The third-order valence-electron chi connectivity index (χ3n) is 4.53. The molecule has 0 fully saturated rings. The van der Waals surface area contributed by atoms with Crippen molar-refractivity contribution in [3.63, 3.8) is 0 Å². The van der Waals surface area contributed by atoms with Crippen molar-refractivity contribution in [3.8, 4) is 0 Å². The summed E-state index contributed by atoms with van der Waals surface area (Å²) in [7, 11) is 0. The molecule has 3 aromatic rings. The van der Waals surface area contributed by atoms with E-state index in [1.807, 2.05) is 6.07 Å². The molecule has 1 unspecified atom stereocenters. The van der Waals surface area contributed by atoms with Crippen molar-refractivity contribution >= 4 is 11.0 Å². The molecule has 0 radical (unpaired) electrons. The lowest BCUT2D eigenvalue weighted by atomic mass is 9.82. The van der Waals surface area contributed by atoms with E-state index in [-0.39, 0.29) is 0 Å². The van der Waals surface area contributed by atoms with Gasteiger partial charge in [0, 0.05) is 12.5 Å². The summed E-state index contributed by atoms with van der Waals surface area (Å²) in [4.78, 5) is 8.38. The monoisotopic (exact) mass is 277 g/mol. The van der Waals surface area contributed by atoms with Crippen molar-refractivity contribution in [1.82, 2.24) is 9.97 Å². The summed E-state index contributed by atoms with van der Waals surface area (Å²) in [5.41, 5.74) is 11.9. The zero-order valence-electron chi connectivity index (χ0n) is 12.0. The molecule has 1 atom stereocenters. The van der Waals surface area contributed by atoms with E-state index in [1.165, 1.54) is 24.0 Å². The molecule has 21 heavy (non-hydrogen) atoms. The van der Waals surface area contributed by atoms with Gasteiger partial charge in [0.05, 0.1) is 11.0 Å². The molecule has 1 heterocycles. The zero-order valence-corrected chi connectivity index (χ0v) is 12.0. The summed E-state index contributed by atoms with van der Waals surface area (Å²) in [6.07, 6.45) is 3.57. The molecule has 0 saturated carbocycles. The van der Waals surface area contributed by atoms with Crippen LogP contribution in [0.5, 0.6) is 0 Å². The number of aromatic amines is 1. The molecule has 0 aliphatic heterocycles. The molecule has 1 aliphatic carbocycles. The maximum atomic E-state index is 5.83. The Balaban J connectivity index is 1.84. The van der Waals surface area contributed by atoms with E-state index < -0.39 is 0 Å². The Morgan fingerprint density at radius 2 is 2.05 bits per heavy atom. The second-order valence-corrected chi connectivity index (χ2v) is 5.78. The molecule has 1 aliphatic rings. The quantitative estimate of drug-likeness (QED) is 0.753. The molecule has 0 bridgehead atoms. The second-order valence-electron chi connectivity index (χ2n) is 5.78. The Labute approximate surface area is 124 Å². The zero-order chi connectivity index (χ0) is 14.2. The number of benzene rings is 2. The van der Waals surface area contributed by atoms with Crippen LogP contribution in [-0.4, -0.2) is 9.97 Å². The Morgan fingerprint density at radius 1 is 1.14 bits per heavy atom.